The minimum absolute atomic E-state index is 0.0381. The average Bonchev–Trinajstić information content (AvgIpc) is 3.07. The van der Waals surface area contributed by atoms with E-state index in [4.69, 9.17) is 4.42 Å². The first-order chi connectivity index (χ1) is 13.8. The average molecular weight is 413 g/mol. The summed E-state index contributed by atoms with van der Waals surface area (Å²) < 4.78 is 33.1. The van der Waals surface area contributed by atoms with E-state index in [1.165, 1.54) is 16.4 Å². The van der Waals surface area contributed by atoms with Crippen molar-refractivity contribution in [2.45, 2.75) is 44.0 Å². The summed E-state index contributed by atoms with van der Waals surface area (Å²) in [7, 11) is -3.64. The second-order valence-electron chi connectivity index (χ2n) is 7.36. The van der Waals surface area contributed by atoms with Gasteiger partial charge in [0.25, 0.3) is 5.91 Å². The Morgan fingerprint density at radius 1 is 1.21 bits per heavy atom. The zero-order chi connectivity index (χ0) is 20.6. The number of anilines is 1. The van der Waals surface area contributed by atoms with Gasteiger partial charge in [0.05, 0.1) is 4.90 Å². The van der Waals surface area contributed by atoms with E-state index in [0.29, 0.717) is 29.2 Å². The van der Waals surface area contributed by atoms with Crippen LogP contribution in [0.1, 0.15) is 42.4 Å². The van der Waals surface area contributed by atoms with E-state index in [-0.39, 0.29) is 22.4 Å². The molecule has 0 radical (unpaired) electrons. The van der Waals surface area contributed by atoms with Gasteiger partial charge in [-0.25, -0.2) is 13.4 Å². The fourth-order valence-corrected chi connectivity index (χ4v) is 5.43. The predicted molar refractivity (Wildman–Crippen MR) is 110 cm³/mol. The number of benzene rings is 2. The topological polar surface area (TPSA) is 92.5 Å². The van der Waals surface area contributed by atoms with E-state index in [1.807, 2.05) is 6.92 Å². The summed E-state index contributed by atoms with van der Waals surface area (Å²) in [4.78, 5) is 17.1. The summed E-state index contributed by atoms with van der Waals surface area (Å²) in [6.07, 6.45) is 2.74. The number of aromatic nitrogens is 1. The number of oxazole rings is 1. The molecule has 0 bridgehead atoms. The highest BCUT2D eigenvalue weighted by molar-refractivity contribution is 7.89. The van der Waals surface area contributed by atoms with Crippen LogP contribution in [-0.4, -0.2) is 36.2 Å². The van der Waals surface area contributed by atoms with Crippen molar-refractivity contribution in [1.29, 1.82) is 0 Å². The van der Waals surface area contributed by atoms with Crippen molar-refractivity contribution >= 4 is 32.7 Å². The van der Waals surface area contributed by atoms with E-state index < -0.39 is 10.0 Å². The minimum atomic E-state index is -3.64. The largest absolute Gasteiger partial charge is 0.441 e. The Morgan fingerprint density at radius 2 is 2.03 bits per heavy atom. The number of nitrogens with one attached hydrogen (secondary N) is 1. The number of aryl methyl sites for hydroxylation is 1. The number of hydrogen-bond donors (Lipinski definition) is 1. The fourth-order valence-electron chi connectivity index (χ4n) is 3.69. The van der Waals surface area contributed by atoms with Crippen LogP contribution in [0.15, 0.2) is 51.8 Å². The third kappa shape index (κ3) is 3.90. The second-order valence-corrected chi connectivity index (χ2v) is 9.25. The minimum Gasteiger partial charge on any atom is -0.441 e. The highest BCUT2D eigenvalue weighted by Gasteiger charge is 2.31. The SMILES string of the molecule is Cc1nc2cc(NC(=O)c3cccc(S(=O)(=O)N4CCCCC4C)c3)ccc2o1. The highest BCUT2D eigenvalue weighted by atomic mass is 32.2. The molecule has 29 heavy (non-hydrogen) atoms. The number of rotatable bonds is 4. The quantitative estimate of drug-likeness (QED) is 0.699. The standard InChI is InChI=1S/C21H23N3O4S/c1-14-6-3-4-11-24(14)29(26,27)18-8-5-7-16(12-18)21(25)23-17-9-10-20-19(13-17)22-15(2)28-20/h5,7-10,12-14H,3-4,6,11H2,1-2H3,(H,23,25). The lowest BCUT2D eigenvalue weighted by molar-refractivity contribution is 0.102. The number of hydrogen-bond acceptors (Lipinski definition) is 5. The Balaban J connectivity index is 1.57. The first kappa shape index (κ1) is 19.6. The molecule has 1 aliphatic heterocycles. The first-order valence-electron chi connectivity index (χ1n) is 9.65. The van der Waals surface area contributed by atoms with Gasteiger partial charge < -0.3 is 9.73 Å². The predicted octanol–water partition coefficient (Wildman–Crippen LogP) is 3.95. The lowest BCUT2D eigenvalue weighted by Gasteiger charge is -2.32. The molecule has 1 N–H and O–H groups in total. The summed E-state index contributed by atoms with van der Waals surface area (Å²) in [6.45, 7) is 4.19. The lowest BCUT2D eigenvalue weighted by Crippen LogP contribution is -2.41. The Morgan fingerprint density at radius 3 is 2.83 bits per heavy atom. The fraction of sp³-hybridized carbons (Fsp3) is 0.333. The van der Waals surface area contributed by atoms with Crippen LogP contribution in [-0.2, 0) is 10.0 Å². The van der Waals surface area contributed by atoms with Gasteiger partial charge in [0.1, 0.15) is 5.52 Å². The summed E-state index contributed by atoms with van der Waals surface area (Å²) >= 11 is 0. The van der Waals surface area contributed by atoms with Crippen molar-refractivity contribution in [2.24, 2.45) is 0 Å². The Hall–Kier alpha value is -2.71. The van der Waals surface area contributed by atoms with Gasteiger partial charge in [0, 0.05) is 30.8 Å². The molecular formula is C21H23N3O4S. The number of carbonyl (C=O) groups is 1. The molecule has 0 saturated carbocycles. The Kier molecular flexibility index (Phi) is 5.14. The Labute approximate surface area is 169 Å². The van der Waals surface area contributed by atoms with Crippen molar-refractivity contribution in [3.05, 3.63) is 53.9 Å². The molecule has 4 rings (SSSR count). The van der Waals surface area contributed by atoms with E-state index in [1.54, 1.807) is 37.3 Å². The van der Waals surface area contributed by atoms with Gasteiger partial charge in [-0.3, -0.25) is 4.79 Å². The number of sulfonamides is 1. The molecule has 2 aromatic carbocycles. The molecule has 152 valence electrons. The lowest BCUT2D eigenvalue weighted by atomic mass is 10.1. The maximum Gasteiger partial charge on any atom is 0.255 e. The van der Waals surface area contributed by atoms with Gasteiger partial charge in [-0.2, -0.15) is 4.31 Å². The van der Waals surface area contributed by atoms with Gasteiger partial charge in [-0.05, 0) is 56.2 Å². The molecular weight excluding hydrogens is 390 g/mol. The molecule has 1 unspecified atom stereocenters. The number of piperidine rings is 1. The monoisotopic (exact) mass is 413 g/mol. The van der Waals surface area contributed by atoms with E-state index in [2.05, 4.69) is 10.3 Å². The number of carbonyl (C=O) groups excluding carboxylic acids is 1. The van der Waals surface area contributed by atoms with Gasteiger partial charge >= 0.3 is 0 Å². The molecule has 1 aliphatic rings. The summed E-state index contributed by atoms with van der Waals surface area (Å²) in [6, 6.07) is 11.3. The highest BCUT2D eigenvalue weighted by Crippen LogP contribution is 2.26. The molecule has 7 nitrogen and oxygen atoms in total. The van der Waals surface area contributed by atoms with E-state index in [9.17, 15) is 13.2 Å². The summed E-state index contributed by atoms with van der Waals surface area (Å²) in [5.74, 6) is 0.168. The number of nitrogens with zero attached hydrogens (tertiary/aromatic N) is 2. The van der Waals surface area contributed by atoms with Crippen molar-refractivity contribution in [2.75, 3.05) is 11.9 Å². The molecule has 0 spiro atoms. The van der Waals surface area contributed by atoms with Crippen LogP contribution < -0.4 is 5.32 Å². The molecule has 0 aliphatic carbocycles. The smallest absolute Gasteiger partial charge is 0.255 e. The molecule has 1 saturated heterocycles. The maximum absolute atomic E-state index is 13.1. The maximum atomic E-state index is 13.1. The van der Waals surface area contributed by atoms with Gasteiger partial charge in [0.2, 0.25) is 10.0 Å². The molecule has 1 fully saturated rings. The zero-order valence-corrected chi connectivity index (χ0v) is 17.2. The van der Waals surface area contributed by atoms with Gasteiger partial charge in [-0.1, -0.05) is 12.5 Å². The number of amides is 1. The van der Waals surface area contributed by atoms with Gasteiger partial charge in [0.15, 0.2) is 11.5 Å². The van der Waals surface area contributed by atoms with Crippen LogP contribution in [0.25, 0.3) is 11.1 Å². The van der Waals surface area contributed by atoms with Crippen LogP contribution in [0.5, 0.6) is 0 Å². The molecule has 1 aromatic heterocycles. The Bertz CT molecular complexity index is 1170. The third-order valence-electron chi connectivity index (χ3n) is 5.20. The van der Waals surface area contributed by atoms with E-state index in [0.717, 1.165) is 19.3 Å². The summed E-state index contributed by atoms with van der Waals surface area (Å²) in [5.41, 5.74) is 2.14. The van der Waals surface area contributed by atoms with Crippen molar-refractivity contribution in [1.82, 2.24) is 9.29 Å². The normalized spacial score (nSPS) is 18.1. The third-order valence-corrected chi connectivity index (χ3v) is 7.21. The van der Waals surface area contributed by atoms with Crippen LogP contribution in [0.2, 0.25) is 0 Å². The van der Waals surface area contributed by atoms with Crippen LogP contribution >= 0.6 is 0 Å². The van der Waals surface area contributed by atoms with Crippen LogP contribution in [0.4, 0.5) is 5.69 Å². The van der Waals surface area contributed by atoms with Gasteiger partial charge in [-0.15, -0.1) is 0 Å². The zero-order valence-electron chi connectivity index (χ0n) is 16.4. The van der Waals surface area contributed by atoms with Crippen molar-refractivity contribution in [3.63, 3.8) is 0 Å². The molecule has 3 aromatic rings. The molecule has 1 atom stereocenters. The van der Waals surface area contributed by atoms with E-state index >= 15 is 0 Å². The van der Waals surface area contributed by atoms with Crippen molar-refractivity contribution in [3.8, 4) is 0 Å². The second kappa shape index (κ2) is 7.61. The van der Waals surface area contributed by atoms with Crippen molar-refractivity contribution < 1.29 is 17.6 Å². The number of fused-ring (bicyclic) bond motifs is 1. The molecule has 1 amide bonds. The van der Waals surface area contributed by atoms with Crippen LogP contribution in [0.3, 0.4) is 0 Å². The summed E-state index contributed by atoms with van der Waals surface area (Å²) in [5, 5.41) is 2.80. The first-order valence-corrected chi connectivity index (χ1v) is 11.1. The van der Waals surface area contributed by atoms with Crippen LogP contribution in [0, 0.1) is 6.92 Å². The molecule has 8 heteroatoms. The molecule has 2 heterocycles.